The summed E-state index contributed by atoms with van der Waals surface area (Å²) in [6.07, 6.45) is 11.9. The Kier molecular flexibility index (Phi) is 9.73. The molecule has 0 aromatic heterocycles. The second-order valence-corrected chi connectivity index (χ2v) is 15.8. The predicted molar refractivity (Wildman–Crippen MR) is 205 cm³/mol. The van der Waals surface area contributed by atoms with E-state index in [1.807, 2.05) is 96.1 Å². The Bertz CT molecular complexity index is 1870. The van der Waals surface area contributed by atoms with Crippen LogP contribution in [0.5, 0.6) is 0 Å². The number of hydroxylamine groups is 2. The third-order valence-electron chi connectivity index (χ3n) is 10.1. The van der Waals surface area contributed by atoms with Gasteiger partial charge in [0.05, 0.1) is 22.5 Å². The summed E-state index contributed by atoms with van der Waals surface area (Å²) in [6, 6.07) is 23.7. The lowest BCUT2D eigenvalue weighted by Gasteiger charge is -2.31. The maximum absolute atomic E-state index is 11.5. The van der Waals surface area contributed by atoms with E-state index in [9.17, 15) is 20.3 Å². The highest BCUT2D eigenvalue weighted by molar-refractivity contribution is 5.92. The fourth-order valence-electron chi connectivity index (χ4n) is 7.43. The van der Waals surface area contributed by atoms with Crippen LogP contribution in [0.1, 0.15) is 83.9 Å². The van der Waals surface area contributed by atoms with Gasteiger partial charge >= 0.3 is 12.0 Å². The van der Waals surface area contributed by atoms with Crippen molar-refractivity contribution >= 4 is 34.7 Å². The molecular weight excluding hydrogens is 636 g/mol. The average molecular weight is 685 g/mol. The molecule has 3 atom stereocenters. The van der Waals surface area contributed by atoms with Gasteiger partial charge in [0.2, 0.25) is 0 Å². The molecule has 51 heavy (non-hydrogen) atoms. The second kappa shape index (κ2) is 13.9. The smallest absolute Gasteiger partial charge is 0.392 e. The van der Waals surface area contributed by atoms with E-state index in [4.69, 9.17) is 6.57 Å². The van der Waals surface area contributed by atoms with Gasteiger partial charge in [-0.25, -0.2) is 11.4 Å². The molecule has 0 saturated heterocycles. The Hall–Kier alpha value is -5.10. The Labute approximate surface area is 301 Å². The summed E-state index contributed by atoms with van der Waals surface area (Å²) in [6.45, 7) is 19.0. The number of hydrogen-bond donors (Lipinski definition) is 3. The van der Waals surface area contributed by atoms with Crippen molar-refractivity contribution in [2.75, 3.05) is 15.0 Å². The molecule has 8 heteroatoms. The Balaban J connectivity index is 1.33. The topological polar surface area (TPSA) is 91.8 Å². The third kappa shape index (κ3) is 7.37. The standard InChI is InChI=1S/C43H48N4O4/c1-42(2,3)46(50)33-20-14-30(15-21-33)36(31-16-22-34(23-17-31)47(51)43(4,5)6)25-28-11-18-32(19-12-28)45-39-10-8-9-35(39)37-26-29(13-24-40(37)45)27-38(44-7)41(48)49/h11-25,27,35,38-39,50-51H,8-10,26H2,1-6H3,(H,48,49)/b29-27+. The first-order valence-electron chi connectivity index (χ1n) is 17.7. The maximum atomic E-state index is 11.5. The fraction of sp³-hybridized carbons (Fsp3) is 0.349. The van der Waals surface area contributed by atoms with Gasteiger partial charge < -0.3 is 10.0 Å². The van der Waals surface area contributed by atoms with Gasteiger partial charge in [0, 0.05) is 29.4 Å². The van der Waals surface area contributed by atoms with Gasteiger partial charge in [-0.05, 0) is 143 Å². The number of benzene rings is 3. The molecule has 6 rings (SSSR count). The van der Waals surface area contributed by atoms with Crippen LogP contribution in [0.25, 0.3) is 16.5 Å². The number of fused-ring (bicyclic) bond motifs is 2. The average Bonchev–Trinajstić information content (AvgIpc) is 3.70. The van der Waals surface area contributed by atoms with E-state index in [2.05, 4.69) is 46.2 Å². The molecule has 3 N–H and O–H groups in total. The minimum absolute atomic E-state index is 0.363. The van der Waals surface area contributed by atoms with Crippen LogP contribution in [0, 0.1) is 12.5 Å². The molecule has 264 valence electrons. The minimum Gasteiger partial charge on any atom is -0.475 e. The highest BCUT2D eigenvalue weighted by atomic mass is 16.5. The van der Waals surface area contributed by atoms with E-state index in [1.165, 1.54) is 21.4 Å². The molecule has 3 aromatic carbocycles. The molecule has 0 radical (unpaired) electrons. The summed E-state index contributed by atoms with van der Waals surface area (Å²) >= 11 is 0. The van der Waals surface area contributed by atoms with E-state index in [0.29, 0.717) is 29.8 Å². The summed E-state index contributed by atoms with van der Waals surface area (Å²) in [5.41, 5.74) is 9.15. The van der Waals surface area contributed by atoms with Gasteiger partial charge in [-0.2, -0.15) is 0 Å². The van der Waals surface area contributed by atoms with Crippen molar-refractivity contribution in [1.29, 1.82) is 0 Å². The first-order valence-corrected chi connectivity index (χ1v) is 17.7. The monoisotopic (exact) mass is 684 g/mol. The summed E-state index contributed by atoms with van der Waals surface area (Å²) < 4.78 is 0. The molecule has 3 aliphatic rings. The molecule has 2 aliphatic carbocycles. The van der Waals surface area contributed by atoms with Gasteiger partial charge in [0.15, 0.2) is 0 Å². The lowest BCUT2D eigenvalue weighted by Crippen LogP contribution is -2.38. The molecular formula is C43H48N4O4. The zero-order valence-corrected chi connectivity index (χ0v) is 30.3. The number of nitrogens with zero attached hydrogens (tertiary/aromatic N) is 4. The number of rotatable bonds is 8. The molecule has 8 nitrogen and oxygen atoms in total. The number of allylic oxidation sites excluding steroid dienone is 3. The Morgan fingerprint density at radius 1 is 0.843 bits per heavy atom. The van der Waals surface area contributed by atoms with Crippen LogP contribution in [0.4, 0.5) is 17.1 Å². The van der Waals surface area contributed by atoms with Crippen LogP contribution in [-0.4, -0.2) is 44.7 Å². The molecule has 0 bridgehead atoms. The van der Waals surface area contributed by atoms with Crippen LogP contribution in [0.15, 0.2) is 108 Å². The van der Waals surface area contributed by atoms with Crippen LogP contribution in [-0.2, 0) is 4.79 Å². The van der Waals surface area contributed by atoms with Gasteiger partial charge in [-0.1, -0.05) is 48.9 Å². The number of anilines is 3. The van der Waals surface area contributed by atoms with E-state index < -0.39 is 23.1 Å². The molecule has 0 amide bonds. The molecule has 0 spiro atoms. The van der Waals surface area contributed by atoms with Crippen LogP contribution in [0.3, 0.4) is 0 Å². The quantitative estimate of drug-likeness (QED) is 0.124. The lowest BCUT2D eigenvalue weighted by atomic mass is 9.88. The van der Waals surface area contributed by atoms with E-state index in [-0.39, 0.29) is 0 Å². The number of carbonyl (C=O) groups is 1. The van der Waals surface area contributed by atoms with Crippen LogP contribution < -0.4 is 15.0 Å². The maximum Gasteiger partial charge on any atom is 0.392 e. The van der Waals surface area contributed by atoms with Gasteiger partial charge in [0.25, 0.3) is 0 Å². The van der Waals surface area contributed by atoms with E-state index >= 15 is 0 Å². The van der Waals surface area contributed by atoms with E-state index in [1.54, 1.807) is 6.08 Å². The molecule has 3 unspecified atom stereocenters. The van der Waals surface area contributed by atoms with E-state index in [0.717, 1.165) is 52.8 Å². The summed E-state index contributed by atoms with van der Waals surface area (Å²) in [4.78, 5) is 17.3. The Morgan fingerprint density at radius 2 is 1.39 bits per heavy atom. The zero-order valence-electron chi connectivity index (χ0n) is 30.3. The lowest BCUT2D eigenvalue weighted by molar-refractivity contribution is -0.136. The highest BCUT2D eigenvalue weighted by Crippen LogP contribution is 2.50. The predicted octanol–water partition coefficient (Wildman–Crippen LogP) is 9.77. The van der Waals surface area contributed by atoms with Crippen LogP contribution >= 0.6 is 0 Å². The van der Waals surface area contributed by atoms with Crippen molar-refractivity contribution in [3.05, 3.63) is 136 Å². The molecule has 1 aliphatic heterocycles. The number of hydrogen-bond acceptors (Lipinski definition) is 6. The number of aliphatic carboxylic acids is 1. The van der Waals surface area contributed by atoms with Crippen molar-refractivity contribution < 1.29 is 20.3 Å². The fourth-order valence-corrected chi connectivity index (χ4v) is 7.43. The summed E-state index contributed by atoms with van der Waals surface area (Å²) in [5.74, 6) is -0.693. The molecule has 3 aromatic rings. The first-order chi connectivity index (χ1) is 24.2. The first kappa shape index (κ1) is 35.7. The van der Waals surface area contributed by atoms with Gasteiger partial charge in [-0.15, -0.1) is 0 Å². The van der Waals surface area contributed by atoms with Crippen molar-refractivity contribution in [2.45, 2.75) is 90.4 Å². The molecule has 1 saturated carbocycles. The van der Waals surface area contributed by atoms with Crippen molar-refractivity contribution in [3.63, 3.8) is 0 Å². The zero-order chi connectivity index (χ0) is 36.7. The highest BCUT2D eigenvalue weighted by Gasteiger charge is 2.44. The minimum atomic E-state index is -1.16. The number of carboxylic acids is 1. The summed E-state index contributed by atoms with van der Waals surface area (Å²) in [5, 5.41) is 33.5. The SMILES string of the molecule is [C-]#[N+]C(/C=C1\C=CC2=C(C1)C1CCCC1N2c1ccc(C=C(c2ccc(N(O)C(C)(C)C)cc2)c2ccc(N(O)C(C)(C)C)cc2)cc1)C(=O)O. The molecule has 1 fully saturated rings. The largest absolute Gasteiger partial charge is 0.475 e. The van der Waals surface area contributed by atoms with Crippen molar-refractivity contribution in [2.24, 2.45) is 5.92 Å². The third-order valence-corrected chi connectivity index (χ3v) is 10.1. The molecule has 1 heterocycles. The Morgan fingerprint density at radius 3 is 1.88 bits per heavy atom. The van der Waals surface area contributed by atoms with Gasteiger partial charge in [-0.3, -0.25) is 25.4 Å². The van der Waals surface area contributed by atoms with Crippen LogP contribution in [0.2, 0.25) is 0 Å². The summed E-state index contributed by atoms with van der Waals surface area (Å²) in [7, 11) is 0. The second-order valence-electron chi connectivity index (χ2n) is 15.8. The van der Waals surface area contributed by atoms with Crippen molar-refractivity contribution in [3.8, 4) is 0 Å². The van der Waals surface area contributed by atoms with Crippen molar-refractivity contribution in [1.82, 2.24) is 0 Å². The normalized spacial score (nSPS) is 19.7. The number of carboxylic acid groups (broad SMARTS) is 1. The van der Waals surface area contributed by atoms with Gasteiger partial charge in [0.1, 0.15) is 0 Å².